The summed E-state index contributed by atoms with van der Waals surface area (Å²) in [6.45, 7) is 3.90. The minimum absolute atomic E-state index is 0.0255. The number of fused-ring (bicyclic) bond motifs is 1. The average Bonchev–Trinajstić information content (AvgIpc) is 3.03. The third-order valence-electron chi connectivity index (χ3n) is 3.97. The molecule has 1 amide bonds. The molecule has 1 N–H and O–H groups in total. The van der Waals surface area contributed by atoms with E-state index in [0.717, 1.165) is 18.7 Å². The van der Waals surface area contributed by atoms with E-state index in [1.165, 1.54) is 0 Å². The summed E-state index contributed by atoms with van der Waals surface area (Å²) in [5.41, 5.74) is 0.798. The van der Waals surface area contributed by atoms with Crippen LogP contribution in [0.15, 0.2) is 18.2 Å². The molecule has 0 atom stereocenters. The summed E-state index contributed by atoms with van der Waals surface area (Å²) in [6, 6.07) is 3.55. The molecule has 7 heteroatoms. The van der Waals surface area contributed by atoms with Gasteiger partial charge in [0.1, 0.15) is 0 Å². The van der Waals surface area contributed by atoms with E-state index in [0.29, 0.717) is 36.2 Å². The third kappa shape index (κ3) is 3.77. The van der Waals surface area contributed by atoms with E-state index in [2.05, 4.69) is 4.90 Å². The summed E-state index contributed by atoms with van der Waals surface area (Å²) in [6.07, 6.45) is 3.28. The Morgan fingerprint density at radius 3 is 2.78 bits per heavy atom. The number of β-amino-alcohol motifs (C(OH)–C–C–N with tert-alkyl or cyclic N) is 1. The van der Waals surface area contributed by atoms with E-state index in [9.17, 15) is 4.79 Å². The Kier molecular flexibility index (Phi) is 5.05. The number of aliphatic hydroxyl groups is 1. The first-order valence-electron chi connectivity index (χ1n) is 7.57. The highest BCUT2D eigenvalue weighted by atomic mass is 35.5. The highest BCUT2D eigenvalue weighted by molar-refractivity contribution is 6.32. The Morgan fingerprint density at radius 2 is 2.04 bits per heavy atom. The molecule has 124 valence electrons. The van der Waals surface area contributed by atoms with Gasteiger partial charge in [0.15, 0.2) is 11.5 Å². The summed E-state index contributed by atoms with van der Waals surface area (Å²) in [5, 5.41) is 9.41. The molecule has 3 rings (SSSR count). The number of ether oxygens (including phenoxy) is 2. The summed E-state index contributed by atoms with van der Waals surface area (Å²) in [4.78, 5) is 16.2. The second-order valence-electron chi connectivity index (χ2n) is 5.46. The van der Waals surface area contributed by atoms with Crippen LogP contribution in [-0.4, -0.2) is 66.9 Å². The van der Waals surface area contributed by atoms with E-state index < -0.39 is 0 Å². The summed E-state index contributed by atoms with van der Waals surface area (Å²) < 4.78 is 10.6. The van der Waals surface area contributed by atoms with Gasteiger partial charge in [0.05, 0.1) is 11.6 Å². The predicted molar refractivity (Wildman–Crippen MR) is 86.7 cm³/mol. The number of piperazine rings is 1. The van der Waals surface area contributed by atoms with Crippen LogP contribution in [0.3, 0.4) is 0 Å². The lowest BCUT2D eigenvalue weighted by Crippen LogP contribution is -2.48. The van der Waals surface area contributed by atoms with Gasteiger partial charge in [-0.05, 0) is 23.8 Å². The number of amides is 1. The van der Waals surface area contributed by atoms with Crippen molar-refractivity contribution in [1.29, 1.82) is 0 Å². The Bertz CT molecular complexity index is 612. The van der Waals surface area contributed by atoms with Gasteiger partial charge in [0, 0.05) is 38.8 Å². The van der Waals surface area contributed by atoms with E-state index in [4.69, 9.17) is 26.2 Å². The molecule has 2 aliphatic rings. The number of nitrogens with zero attached hydrogens (tertiary/aromatic N) is 2. The monoisotopic (exact) mass is 338 g/mol. The fraction of sp³-hybridized carbons (Fsp3) is 0.438. The van der Waals surface area contributed by atoms with Gasteiger partial charge in [0.25, 0.3) is 0 Å². The Hall–Kier alpha value is -1.76. The maximum atomic E-state index is 12.2. The van der Waals surface area contributed by atoms with Crippen LogP contribution >= 0.6 is 11.6 Å². The van der Waals surface area contributed by atoms with Crippen molar-refractivity contribution in [1.82, 2.24) is 9.80 Å². The summed E-state index contributed by atoms with van der Waals surface area (Å²) >= 11 is 6.12. The van der Waals surface area contributed by atoms with Crippen LogP contribution in [0.2, 0.25) is 5.02 Å². The lowest BCUT2D eigenvalue weighted by atomic mass is 10.2. The largest absolute Gasteiger partial charge is 0.454 e. The quantitative estimate of drug-likeness (QED) is 0.836. The normalized spacial score (nSPS) is 17.9. The van der Waals surface area contributed by atoms with Gasteiger partial charge in [-0.2, -0.15) is 0 Å². The van der Waals surface area contributed by atoms with Crippen molar-refractivity contribution in [3.63, 3.8) is 0 Å². The molecular weight excluding hydrogens is 320 g/mol. The van der Waals surface area contributed by atoms with Gasteiger partial charge >= 0.3 is 0 Å². The highest BCUT2D eigenvalue weighted by Gasteiger charge is 2.20. The van der Waals surface area contributed by atoms with Crippen LogP contribution in [0.1, 0.15) is 5.56 Å². The first-order valence-corrected chi connectivity index (χ1v) is 7.94. The number of benzene rings is 1. The van der Waals surface area contributed by atoms with Crippen LogP contribution in [-0.2, 0) is 4.79 Å². The van der Waals surface area contributed by atoms with Gasteiger partial charge in [-0.1, -0.05) is 11.6 Å². The van der Waals surface area contributed by atoms with Crippen molar-refractivity contribution in [3.8, 4) is 11.5 Å². The molecule has 0 aliphatic carbocycles. The highest BCUT2D eigenvalue weighted by Crippen LogP contribution is 2.40. The molecule has 1 fully saturated rings. The lowest BCUT2D eigenvalue weighted by Gasteiger charge is -2.33. The Morgan fingerprint density at radius 1 is 1.26 bits per heavy atom. The van der Waals surface area contributed by atoms with Crippen molar-refractivity contribution in [2.45, 2.75) is 0 Å². The van der Waals surface area contributed by atoms with Crippen LogP contribution in [0.4, 0.5) is 0 Å². The molecule has 0 aromatic heterocycles. The average molecular weight is 339 g/mol. The molecule has 6 nitrogen and oxygen atoms in total. The number of hydrogen-bond donors (Lipinski definition) is 1. The van der Waals surface area contributed by atoms with Crippen LogP contribution < -0.4 is 9.47 Å². The minimum atomic E-state index is -0.0255. The van der Waals surface area contributed by atoms with Crippen LogP contribution in [0.5, 0.6) is 11.5 Å². The van der Waals surface area contributed by atoms with Gasteiger partial charge in [-0.15, -0.1) is 0 Å². The first-order chi connectivity index (χ1) is 11.2. The zero-order valence-corrected chi connectivity index (χ0v) is 13.5. The van der Waals surface area contributed by atoms with Gasteiger partial charge in [-0.25, -0.2) is 0 Å². The summed E-state index contributed by atoms with van der Waals surface area (Å²) in [5.74, 6) is 1.12. The predicted octanol–water partition coefficient (Wildman–Crippen LogP) is 1.22. The number of carbonyl (C=O) groups excluding carboxylic acids is 1. The molecule has 2 heterocycles. The fourth-order valence-electron chi connectivity index (χ4n) is 2.69. The molecule has 2 aliphatic heterocycles. The number of hydrogen-bond acceptors (Lipinski definition) is 5. The van der Waals surface area contributed by atoms with E-state index in [1.54, 1.807) is 29.2 Å². The first kappa shape index (κ1) is 16.1. The molecule has 1 saturated heterocycles. The lowest BCUT2D eigenvalue weighted by molar-refractivity contribution is -0.127. The molecule has 0 bridgehead atoms. The maximum absolute atomic E-state index is 12.2. The number of halogens is 1. The van der Waals surface area contributed by atoms with Crippen molar-refractivity contribution in [2.24, 2.45) is 0 Å². The van der Waals surface area contributed by atoms with Crippen molar-refractivity contribution < 1.29 is 19.4 Å². The smallest absolute Gasteiger partial charge is 0.246 e. The Labute approximate surface area is 139 Å². The number of rotatable bonds is 4. The molecule has 0 unspecified atom stereocenters. The zero-order valence-electron chi connectivity index (χ0n) is 12.7. The molecule has 0 radical (unpaired) electrons. The van der Waals surface area contributed by atoms with Crippen molar-refractivity contribution in [2.75, 3.05) is 46.1 Å². The molecular formula is C16H19ClN2O4. The van der Waals surface area contributed by atoms with Crippen LogP contribution in [0.25, 0.3) is 6.08 Å². The molecule has 1 aromatic rings. The zero-order chi connectivity index (χ0) is 16.2. The molecule has 23 heavy (non-hydrogen) atoms. The van der Waals surface area contributed by atoms with Crippen molar-refractivity contribution in [3.05, 3.63) is 28.8 Å². The van der Waals surface area contributed by atoms with E-state index in [-0.39, 0.29) is 19.3 Å². The molecule has 0 saturated carbocycles. The summed E-state index contributed by atoms with van der Waals surface area (Å²) in [7, 11) is 0. The van der Waals surface area contributed by atoms with Gasteiger partial charge in [0.2, 0.25) is 12.7 Å². The fourth-order valence-corrected chi connectivity index (χ4v) is 2.96. The van der Waals surface area contributed by atoms with E-state index >= 15 is 0 Å². The van der Waals surface area contributed by atoms with Gasteiger partial charge in [-0.3, -0.25) is 9.69 Å². The topological polar surface area (TPSA) is 62.2 Å². The minimum Gasteiger partial charge on any atom is -0.454 e. The third-order valence-corrected chi connectivity index (χ3v) is 4.25. The maximum Gasteiger partial charge on any atom is 0.246 e. The number of aliphatic hydroxyl groups excluding tert-OH is 1. The van der Waals surface area contributed by atoms with Crippen molar-refractivity contribution >= 4 is 23.6 Å². The standard InChI is InChI=1S/C16H19ClN2O4/c17-13-9-12(10-14-16(13)23-11-22-14)1-2-15(21)19-5-3-18(4-6-19)7-8-20/h1-2,9-10,20H,3-8,11H2/b2-1+. The molecule has 0 spiro atoms. The Balaban J connectivity index is 1.60. The van der Waals surface area contributed by atoms with Gasteiger partial charge < -0.3 is 19.5 Å². The molecule has 1 aromatic carbocycles. The second-order valence-corrected chi connectivity index (χ2v) is 5.87. The SMILES string of the molecule is O=C(/C=C/c1cc(Cl)c2c(c1)OCO2)N1CCN(CCO)CC1. The van der Waals surface area contributed by atoms with E-state index in [1.807, 2.05) is 0 Å². The number of carbonyl (C=O) groups is 1. The van der Waals surface area contributed by atoms with Crippen LogP contribution in [0, 0.1) is 0 Å². The second kappa shape index (κ2) is 7.21.